The van der Waals surface area contributed by atoms with E-state index in [1.165, 1.54) is 17.5 Å². The number of nitrogens with zero attached hydrogens (tertiary/aromatic N) is 1. The number of fused-ring (bicyclic) bond motifs is 1. The van der Waals surface area contributed by atoms with E-state index in [0.29, 0.717) is 19.5 Å². The summed E-state index contributed by atoms with van der Waals surface area (Å²) in [5.74, 6) is 0. The number of likely N-dealkylation sites (tertiary alicyclic amines) is 1. The van der Waals surface area contributed by atoms with E-state index in [2.05, 4.69) is 17.4 Å². The number of aryl methyl sites for hydroxylation is 2. The number of amides is 2. The maximum absolute atomic E-state index is 12.0. The van der Waals surface area contributed by atoms with Crippen LogP contribution in [0.3, 0.4) is 0 Å². The standard InChI is InChI=1S/C14H18N2O2/c17-13-6-7-16(9-13)14(18)15-12-5-4-10-2-1-3-11(10)8-12/h4-5,8,13,17H,1-3,6-7,9H2,(H,15,18)/t13-/m1/s1. The molecule has 0 saturated carbocycles. The highest BCUT2D eigenvalue weighted by Gasteiger charge is 2.24. The number of nitrogens with one attached hydrogen (secondary N) is 1. The van der Waals surface area contributed by atoms with Gasteiger partial charge in [0.15, 0.2) is 0 Å². The number of aliphatic hydroxyl groups is 1. The molecule has 0 bridgehead atoms. The monoisotopic (exact) mass is 246 g/mol. The molecule has 4 heteroatoms. The van der Waals surface area contributed by atoms with Crippen LogP contribution in [0, 0.1) is 0 Å². The van der Waals surface area contributed by atoms with E-state index in [0.717, 1.165) is 18.5 Å². The Hall–Kier alpha value is -1.55. The molecule has 2 N–H and O–H groups in total. The van der Waals surface area contributed by atoms with Gasteiger partial charge in [0.25, 0.3) is 0 Å². The van der Waals surface area contributed by atoms with Crippen LogP contribution in [0.5, 0.6) is 0 Å². The lowest BCUT2D eigenvalue weighted by molar-refractivity contribution is 0.176. The largest absolute Gasteiger partial charge is 0.391 e. The summed E-state index contributed by atoms with van der Waals surface area (Å²) >= 11 is 0. The zero-order chi connectivity index (χ0) is 12.5. The topological polar surface area (TPSA) is 52.6 Å². The Labute approximate surface area is 107 Å². The summed E-state index contributed by atoms with van der Waals surface area (Å²) in [6.07, 6.45) is 3.79. The van der Waals surface area contributed by atoms with Gasteiger partial charge in [-0.25, -0.2) is 4.79 Å². The van der Waals surface area contributed by atoms with Gasteiger partial charge >= 0.3 is 6.03 Å². The predicted octanol–water partition coefficient (Wildman–Crippen LogP) is 1.77. The van der Waals surface area contributed by atoms with E-state index in [4.69, 9.17) is 0 Å². The van der Waals surface area contributed by atoms with E-state index in [1.54, 1.807) is 4.90 Å². The SMILES string of the molecule is O=C(Nc1ccc2c(c1)CCC2)N1CC[C@@H](O)C1. The van der Waals surface area contributed by atoms with Gasteiger partial charge in [0.1, 0.15) is 0 Å². The van der Waals surface area contributed by atoms with E-state index in [9.17, 15) is 9.90 Å². The Morgan fingerprint density at radius 1 is 1.33 bits per heavy atom. The van der Waals surface area contributed by atoms with Crippen LogP contribution in [0.1, 0.15) is 24.0 Å². The average Bonchev–Trinajstić information content (AvgIpc) is 2.96. The summed E-state index contributed by atoms with van der Waals surface area (Å²) in [5, 5.41) is 12.3. The molecular formula is C14H18N2O2. The molecule has 4 nitrogen and oxygen atoms in total. The third-order valence-corrected chi connectivity index (χ3v) is 3.80. The highest BCUT2D eigenvalue weighted by Crippen LogP contribution is 2.25. The lowest BCUT2D eigenvalue weighted by Crippen LogP contribution is -2.33. The van der Waals surface area contributed by atoms with Crippen LogP contribution >= 0.6 is 0 Å². The summed E-state index contributed by atoms with van der Waals surface area (Å²) in [7, 11) is 0. The molecule has 0 unspecified atom stereocenters. The first kappa shape index (κ1) is 11.5. The summed E-state index contributed by atoms with van der Waals surface area (Å²) in [4.78, 5) is 13.6. The van der Waals surface area contributed by atoms with Gasteiger partial charge in [0.05, 0.1) is 6.10 Å². The van der Waals surface area contributed by atoms with Gasteiger partial charge in [-0.05, 0) is 48.9 Å². The van der Waals surface area contributed by atoms with Crippen LogP contribution in [-0.2, 0) is 12.8 Å². The minimum absolute atomic E-state index is 0.107. The van der Waals surface area contributed by atoms with Crippen molar-refractivity contribution in [2.24, 2.45) is 0 Å². The Morgan fingerprint density at radius 3 is 2.94 bits per heavy atom. The van der Waals surface area contributed by atoms with Crippen molar-refractivity contribution in [3.8, 4) is 0 Å². The second-order valence-corrected chi connectivity index (χ2v) is 5.16. The third-order valence-electron chi connectivity index (χ3n) is 3.80. The summed E-state index contributed by atoms with van der Waals surface area (Å²) in [6, 6.07) is 6.04. The number of hydrogen-bond acceptors (Lipinski definition) is 2. The molecule has 1 heterocycles. The molecule has 1 fully saturated rings. The Kier molecular flexibility index (Phi) is 2.96. The maximum atomic E-state index is 12.0. The molecular weight excluding hydrogens is 228 g/mol. The molecule has 3 rings (SSSR count). The quantitative estimate of drug-likeness (QED) is 0.793. The van der Waals surface area contributed by atoms with E-state index in [-0.39, 0.29) is 12.1 Å². The average molecular weight is 246 g/mol. The molecule has 1 aromatic rings. The molecule has 2 aliphatic rings. The van der Waals surface area contributed by atoms with Crippen LogP contribution in [0.25, 0.3) is 0 Å². The Balaban J connectivity index is 1.67. The molecule has 96 valence electrons. The van der Waals surface area contributed by atoms with Crippen LogP contribution in [0.4, 0.5) is 10.5 Å². The first-order chi connectivity index (χ1) is 8.72. The summed E-state index contributed by atoms with van der Waals surface area (Å²) in [6.45, 7) is 1.08. The summed E-state index contributed by atoms with van der Waals surface area (Å²) in [5.41, 5.74) is 3.63. The molecule has 0 spiro atoms. The zero-order valence-electron chi connectivity index (χ0n) is 10.4. The number of carbonyl (C=O) groups excluding carboxylic acids is 1. The third kappa shape index (κ3) is 2.20. The minimum atomic E-state index is -0.365. The van der Waals surface area contributed by atoms with Crippen molar-refractivity contribution >= 4 is 11.7 Å². The van der Waals surface area contributed by atoms with Gasteiger partial charge in [-0.2, -0.15) is 0 Å². The van der Waals surface area contributed by atoms with Gasteiger partial charge in [-0.15, -0.1) is 0 Å². The van der Waals surface area contributed by atoms with Gasteiger partial charge in [0.2, 0.25) is 0 Å². The van der Waals surface area contributed by atoms with E-state index >= 15 is 0 Å². The fraction of sp³-hybridized carbons (Fsp3) is 0.500. The van der Waals surface area contributed by atoms with Crippen LogP contribution in [0.15, 0.2) is 18.2 Å². The maximum Gasteiger partial charge on any atom is 0.321 e. The minimum Gasteiger partial charge on any atom is -0.391 e. The smallest absolute Gasteiger partial charge is 0.321 e. The van der Waals surface area contributed by atoms with Gasteiger partial charge in [-0.3, -0.25) is 0 Å². The van der Waals surface area contributed by atoms with Gasteiger partial charge in [-0.1, -0.05) is 6.07 Å². The fourth-order valence-electron chi connectivity index (χ4n) is 2.78. The lowest BCUT2D eigenvalue weighted by Gasteiger charge is -2.16. The molecule has 18 heavy (non-hydrogen) atoms. The number of urea groups is 1. The van der Waals surface area contributed by atoms with Crippen molar-refractivity contribution in [3.63, 3.8) is 0 Å². The van der Waals surface area contributed by atoms with Crippen molar-refractivity contribution in [2.75, 3.05) is 18.4 Å². The molecule has 1 atom stereocenters. The molecule has 1 aromatic carbocycles. The number of hydrogen-bond donors (Lipinski definition) is 2. The molecule has 1 aliphatic heterocycles. The molecule has 1 aliphatic carbocycles. The van der Waals surface area contributed by atoms with Crippen molar-refractivity contribution in [2.45, 2.75) is 31.8 Å². The van der Waals surface area contributed by atoms with Crippen LogP contribution in [-0.4, -0.2) is 35.2 Å². The van der Waals surface area contributed by atoms with Crippen LogP contribution in [0.2, 0.25) is 0 Å². The van der Waals surface area contributed by atoms with Gasteiger partial charge in [0, 0.05) is 18.8 Å². The number of benzene rings is 1. The Morgan fingerprint density at radius 2 is 2.17 bits per heavy atom. The van der Waals surface area contributed by atoms with Crippen LogP contribution < -0.4 is 5.32 Å². The number of aliphatic hydroxyl groups excluding tert-OH is 1. The fourth-order valence-corrected chi connectivity index (χ4v) is 2.78. The van der Waals surface area contributed by atoms with E-state index in [1.807, 2.05) is 6.07 Å². The normalized spacial score (nSPS) is 22.1. The molecule has 2 amide bonds. The lowest BCUT2D eigenvalue weighted by atomic mass is 10.1. The highest BCUT2D eigenvalue weighted by molar-refractivity contribution is 5.89. The second kappa shape index (κ2) is 4.61. The van der Waals surface area contributed by atoms with Crippen molar-refractivity contribution in [1.29, 1.82) is 0 Å². The highest BCUT2D eigenvalue weighted by atomic mass is 16.3. The molecule has 0 aromatic heterocycles. The predicted molar refractivity (Wildman–Crippen MR) is 69.7 cm³/mol. The second-order valence-electron chi connectivity index (χ2n) is 5.16. The van der Waals surface area contributed by atoms with Crippen molar-refractivity contribution in [1.82, 2.24) is 4.90 Å². The van der Waals surface area contributed by atoms with Gasteiger partial charge < -0.3 is 15.3 Å². The number of carbonyl (C=O) groups is 1. The van der Waals surface area contributed by atoms with E-state index < -0.39 is 0 Å². The summed E-state index contributed by atoms with van der Waals surface area (Å²) < 4.78 is 0. The zero-order valence-corrected chi connectivity index (χ0v) is 10.4. The molecule has 0 radical (unpaired) electrons. The first-order valence-corrected chi connectivity index (χ1v) is 6.58. The molecule has 1 saturated heterocycles. The number of β-amino-alcohol motifs (C(OH)–C–C–N with tert-alkyl or cyclic N) is 1. The number of rotatable bonds is 1. The Bertz CT molecular complexity index is 473. The van der Waals surface area contributed by atoms with Crippen molar-refractivity contribution in [3.05, 3.63) is 29.3 Å². The van der Waals surface area contributed by atoms with Crippen molar-refractivity contribution < 1.29 is 9.90 Å². The first-order valence-electron chi connectivity index (χ1n) is 6.58. The number of anilines is 1.